The summed E-state index contributed by atoms with van der Waals surface area (Å²) in [4.78, 5) is 12.4. The van der Waals surface area contributed by atoms with Gasteiger partial charge in [0.2, 0.25) is 5.91 Å². The molecule has 126 valence electrons. The number of hydrogen-bond acceptors (Lipinski definition) is 4. The SMILES string of the molecule is CC(C)(CNC(=O)C1(N)CCCC1)c1ccc2c(c1)OCCO2. The maximum absolute atomic E-state index is 12.4. The normalized spacial score (nSPS) is 19.4. The van der Waals surface area contributed by atoms with Gasteiger partial charge in [-0.05, 0) is 30.5 Å². The summed E-state index contributed by atoms with van der Waals surface area (Å²) in [5, 5.41) is 3.05. The van der Waals surface area contributed by atoms with Gasteiger partial charge in [-0.1, -0.05) is 32.8 Å². The number of amides is 1. The van der Waals surface area contributed by atoms with Crippen LogP contribution in [0.3, 0.4) is 0 Å². The summed E-state index contributed by atoms with van der Waals surface area (Å²) in [7, 11) is 0. The van der Waals surface area contributed by atoms with Crippen LogP contribution < -0.4 is 20.5 Å². The third-order valence-electron chi connectivity index (χ3n) is 4.96. The molecule has 0 bridgehead atoms. The number of carbonyl (C=O) groups is 1. The van der Waals surface area contributed by atoms with Crippen LogP contribution in [0.4, 0.5) is 0 Å². The standard InChI is InChI=1S/C18H26N2O3/c1-17(2,12-20-16(21)18(19)7-3-4-8-18)13-5-6-14-15(11-13)23-10-9-22-14/h5-6,11H,3-4,7-10,12,19H2,1-2H3,(H,20,21). The van der Waals surface area contributed by atoms with E-state index in [0.717, 1.165) is 42.7 Å². The highest BCUT2D eigenvalue weighted by molar-refractivity contribution is 5.86. The highest BCUT2D eigenvalue weighted by atomic mass is 16.6. The first kappa shape index (κ1) is 16.1. The predicted octanol–water partition coefficient (Wildman–Crippen LogP) is 2.12. The average Bonchev–Trinajstić information content (AvgIpc) is 3.00. The molecule has 1 aromatic rings. The minimum atomic E-state index is -0.678. The zero-order chi connectivity index (χ0) is 16.5. The molecule has 0 radical (unpaired) electrons. The molecule has 3 N–H and O–H groups in total. The third kappa shape index (κ3) is 3.29. The topological polar surface area (TPSA) is 73.6 Å². The largest absolute Gasteiger partial charge is 0.486 e. The van der Waals surface area contributed by atoms with E-state index in [1.54, 1.807) is 0 Å². The van der Waals surface area contributed by atoms with Gasteiger partial charge in [0.15, 0.2) is 11.5 Å². The quantitative estimate of drug-likeness (QED) is 0.892. The van der Waals surface area contributed by atoms with E-state index in [-0.39, 0.29) is 11.3 Å². The van der Waals surface area contributed by atoms with Crippen LogP contribution in [-0.2, 0) is 10.2 Å². The number of benzene rings is 1. The van der Waals surface area contributed by atoms with Crippen molar-refractivity contribution < 1.29 is 14.3 Å². The molecule has 1 aliphatic carbocycles. The summed E-state index contributed by atoms with van der Waals surface area (Å²) in [5.74, 6) is 1.53. The van der Waals surface area contributed by atoms with Gasteiger partial charge < -0.3 is 20.5 Å². The number of fused-ring (bicyclic) bond motifs is 1. The zero-order valence-electron chi connectivity index (χ0n) is 14.0. The van der Waals surface area contributed by atoms with Gasteiger partial charge in [-0.2, -0.15) is 0 Å². The van der Waals surface area contributed by atoms with Crippen LogP contribution in [0, 0.1) is 0 Å². The summed E-state index contributed by atoms with van der Waals surface area (Å²) < 4.78 is 11.2. The van der Waals surface area contributed by atoms with Crippen molar-refractivity contribution in [1.82, 2.24) is 5.32 Å². The first-order valence-corrected chi connectivity index (χ1v) is 8.38. The Labute approximate surface area is 137 Å². The molecule has 3 rings (SSSR count). The highest BCUT2D eigenvalue weighted by Crippen LogP contribution is 2.35. The second-order valence-electron chi connectivity index (χ2n) is 7.29. The Morgan fingerprint density at radius 1 is 1.22 bits per heavy atom. The fourth-order valence-electron chi connectivity index (χ4n) is 3.28. The molecule has 5 heteroatoms. The number of nitrogens with two attached hydrogens (primary N) is 1. The molecule has 1 saturated carbocycles. The van der Waals surface area contributed by atoms with Crippen molar-refractivity contribution in [1.29, 1.82) is 0 Å². The molecule has 1 heterocycles. The number of hydrogen-bond donors (Lipinski definition) is 2. The number of rotatable bonds is 4. The van der Waals surface area contributed by atoms with Crippen molar-refractivity contribution in [3.8, 4) is 11.5 Å². The Kier molecular flexibility index (Phi) is 4.23. The molecule has 5 nitrogen and oxygen atoms in total. The molecule has 23 heavy (non-hydrogen) atoms. The first-order valence-electron chi connectivity index (χ1n) is 8.38. The second kappa shape index (κ2) is 6.04. The lowest BCUT2D eigenvalue weighted by atomic mass is 9.84. The van der Waals surface area contributed by atoms with Crippen LogP contribution >= 0.6 is 0 Å². The molecular formula is C18H26N2O3. The van der Waals surface area contributed by atoms with Gasteiger partial charge in [0, 0.05) is 12.0 Å². The molecule has 0 unspecified atom stereocenters. The van der Waals surface area contributed by atoms with E-state index in [2.05, 4.69) is 19.2 Å². The smallest absolute Gasteiger partial charge is 0.240 e. The fourth-order valence-corrected chi connectivity index (χ4v) is 3.28. The number of nitrogens with one attached hydrogen (secondary N) is 1. The van der Waals surface area contributed by atoms with Gasteiger partial charge in [-0.25, -0.2) is 0 Å². The Morgan fingerprint density at radius 3 is 2.57 bits per heavy atom. The van der Waals surface area contributed by atoms with Crippen molar-refractivity contribution in [2.24, 2.45) is 5.73 Å². The van der Waals surface area contributed by atoms with Gasteiger partial charge in [0.1, 0.15) is 13.2 Å². The summed E-state index contributed by atoms with van der Waals surface area (Å²) >= 11 is 0. The Morgan fingerprint density at radius 2 is 1.87 bits per heavy atom. The predicted molar refractivity (Wildman–Crippen MR) is 88.9 cm³/mol. The van der Waals surface area contributed by atoms with Gasteiger partial charge >= 0.3 is 0 Å². The molecule has 0 atom stereocenters. The number of ether oxygens (including phenoxy) is 2. The molecule has 2 aliphatic rings. The van der Waals surface area contributed by atoms with E-state index >= 15 is 0 Å². The summed E-state index contributed by atoms with van der Waals surface area (Å²) in [5.41, 5.74) is 6.44. The molecule has 1 fully saturated rings. The Balaban J connectivity index is 1.68. The lowest BCUT2D eigenvalue weighted by Gasteiger charge is -2.30. The third-order valence-corrected chi connectivity index (χ3v) is 4.96. The lowest BCUT2D eigenvalue weighted by Crippen LogP contribution is -2.53. The molecule has 0 aromatic heterocycles. The zero-order valence-corrected chi connectivity index (χ0v) is 14.0. The van der Waals surface area contributed by atoms with Gasteiger partial charge in [-0.15, -0.1) is 0 Å². The van der Waals surface area contributed by atoms with Crippen molar-refractivity contribution in [3.05, 3.63) is 23.8 Å². The maximum atomic E-state index is 12.4. The minimum Gasteiger partial charge on any atom is -0.486 e. The monoisotopic (exact) mass is 318 g/mol. The van der Waals surface area contributed by atoms with Crippen molar-refractivity contribution in [2.75, 3.05) is 19.8 Å². The fraction of sp³-hybridized carbons (Fsp3) is 0.611. The summed E-state index contributed by atoms with van der Waals surface area (Å²) in [6.07, 6.45) is 3.64. The highest BCUT2D eigenvalue weighted by Gasteiger charge is 2.37. The Bertz CT molecular complexity index is 592. The van der Waals surface area contributed by atoms with Crippen molar-refractivity contribution in [2.45, 2.75) is 50.5 Å². The summed E-state index contributed by atoms with van der Waals surface area (Å²) in [6.45, 7) is 5.92. The van der Waals surface area contributed by atoms with Crippen LogP contribution in [-0.4, -0.2) is 31.2 Å². The molecular weight excluding hydrogens is 292 g/mol. The van der Waals surface area contributed by atoms with Crippen LogP contribution in [0.1, 0.15) is 45.1 Å². The maximum Gasteiger partial charge on any atom is 0.240 e. The van der Waals surface area contributed by atoms with Gasteiger partial charge in [-0.3, -0.25) is 4.79 Å². The van der Waals surface area contributed by atoms with Crippen LogP contribution in [0.25, 0.3) is 0 Å². The van der Waals surface area contributed by atoms with E-state index < -0.39 is 5.54 Å². The molecule has 1 aliphatic heterocycles. The van der Waals surface area contributed by atoms with Gasteiger partial charge in [0.25, 0.3) is 0 Å². The second-order valence-corrected chi connectivity index (χ2v) is 7.29. The van der Waals surface area contributed by atoms with E-state index in [4.69, 9.17) is 15.2 Å². The Hall–Kier alpha value is -1.75. The average molecular weight is 318 g/mol. The van der Waals surface area contributed by atoms with E-state index in [9.17, 15) is 4.79 Å². The van der Waals surface area contributed by atoms with Gasteiger partial charge in [0.05, 0.1) is 5.54 Å². The van der Waals surface area contributed by atoms with E-state index in [0.29, 0.717) is 19.8 Å². The van der Waals surface area contributed by atoms with Crippen molar-refractivity contribution >= 4 is 5.91 Å². The molecule has 0 saturated heterocycles. The minimum absolute atomic E-state index is 0.0272. The molecule has 1 aromatic carbocycles. The molecule has 1 amide bonds. The van der Waals surface area contributed by atoms with E-state index in [1.165, 1.54) is 0 Å². The van der Waals surface area contributed by atoms with Crippen LogP contribution in [0.2, 0.25) is 0 Å². The van der Waals surface area contributed by atoms with E-state index in [1.807, 2.05) is 18.2 Å². The first-order chi connectivity index (χ1) is 10.9. The van der Waals surface area contributed by atoms with Crippen molar-refractivity contribution in [3.63, 3.8) is 0 Å². The lowest BCUT2D eigenvalue weighted by molar-refractivity contribution is -0.126. The van der Waals surface area contributed by atoms with Crippen LogP contribution in [0.5, 0.6) is 11.5 Å². The summed E-state index contributed by atoms with van der Waals surface area (Å²) in [6, 6.07) is 5.98. The van der Waals surface area contributed by atoms with Crippen LogP contribution in [0.15, 0.2) is 18.2 Å². The number of carbonyl (C=O) groups excluding carboxylic acids is 1. The molecule has 0 spiro atoms.